The van der Waals surface area contributed by atoms with E-state index >= 15 is 0 Å². The fourth-order valence-corrected chi connectivity index (χ4v) is 5.30. The Hall–Kier alpha value is -1.64. The number of amides is 1. The first kappa shape index (κ1) is 16.2. The molecule has 0 bridgehead atoms. The van der Waals surface area contributed by atoms with Crippen LogP contribution in [0.4, 0.5) is 0 Å². The minimum Gasteiger partial charge on any atom is -0.356 e. The molecule has 0 atom stereocenters. The molecular formula is C15H19N3O3S2. The van der Waals surface area contributed by atoms with Crippen molar-refractivity contribution in [2.24, 2.45) is 7.05 Å². The Labute approximate surface area is 140 Å². The first-order valence-corrected chi connectivity index (χ1v) is 9.75. The smallest absolute Gasteiger partial charge is 0.255 e. The molecule has 23 heavy (non-hydrogen) atoms. The molecule has 6 nitrogen and oxygen atoms in total. The van der Waals surface area contributed by atoms with Gasteiger partial charge in [-0.2, -0.15) is 4.31 Å². The van der Waals surface area contributed by atoms with E-state index in [-0.39, 0.29) is 5.91 Å². The lowest BCUT2D eigenvalue weighted by molar-refractivity contribution is 0.0764. The third kappa shape index (κ3) is 3.34. The standard InChI is InChI=1S/C15H19N3O3S2/c1-16-8-5-13(12-16)15(19)17-6-3-7-18(10-9-17)23(20,21)14-4-2-11-22-14/h2,4-5,8,11-12H,3,6-7,9-10H2,1H3. The molecule has 0 saturated carbocycles. The van der Waals surface area contributed by atoms with Gasteiger partial charge in [0.15, 0.2) is 0 Å². The van der Waals surface area contributed by atoms with Crippen LogP contribution in [0.15, 0.2) is 40.2 Å². The summed E-state index contributed by atoms with van der Waals surface area (Å²) in [5, 5.41) is 1.76. The summed E-state index contributed by atoms with van der Waals surface area (Å²) in [7, 11) is -1.57. The van der Waals surface area contributed by atoms with Crippen molar-refractivity contribution in [2.75, 3.05) is 26.2 Å². The van der Waals surface area contributed by atoms with Crippen LogP contribution in [0, 0.1) is 0 Å². The minimum atomic E-state index is -3.44. The Morgan fingerprint density at radius 1 is 1.17 bits per heavy atom. The van der Waals surface area contributed by atoms with E-state index in [1.165, 1.54) is 15.6 Å². The van der Waals surface area contributed by atoms with E-state index in [1.54, 1.807) is 34.7 Å². The number of carbonyl (C=O) groups excluding carboxylic acids is 1. The van der Waals surface area contributed by atoms with Gasteiger partial charge in [0, 0.05) is 45.6 Å². The second-order valence-electron chi connectivity index (χ2n) is 5.55. The van der Waals surface area contributed by atoms with Crippen LogP contribution in [-0.4, -0.2) is 54.3 Å². The fraction of sp³-hybridized carbons (Fsp3) is 0.400. The van der Waals surface area contributed by atoms with Gasteiger partial charge in [0.2, 0.25) is 0 Å². The molecule has 0 aliphatic carbocycles. The van der Waals surface area contributed by atoms with E-state index in [9.17, 15) is 13.2 Å². The number of thiophene rings is 1. The first-order valence-electron chi connectivity index (χ1n) is 7.43. The summed E-state index contributed by atoms with van der Waals surface area (Å²) in [6, 6.07) is 5.14. The average Bonchev–Trinajstić information content (AvgIpc) is 3.13. The maximum absolute atomic E-state index is 12.6. The highest BCUT2D eigenvalue weighted by atomic mass is 32.2. The van der Waals surface area contributed by atoms with Crippen molar-refractivity contribution in [1.82, 2.24) is 13.8 Å². The quantitative estimate of drug-likeness (QED) is 0.842. The van der Waals surface area contributed by atoms with Crippen molar-refractivity contribution in [1.29, 1.82) is 0 Å². The van der Waals surface area contributed by atoms with Gasteiger partial charge < -0.3 is 9.47 Å². The zero-order chi connectivity index (χ0) is 16.4. The Balaban J connectivity index is 1.71. The summed E-state index contributed by atoms with van der Waals surface area (Å²) in [4.78, 5) is 14.2. The maximum atomic E-state index is 12.6. The number of aromatic nitrogens is 1. The van der Waals surface area contributed by atoms with Crippen molar-refractivity contribution in [3.63, 3.8) is 0 Å². The molecular weight excluding hydrogens is 334 g/mol. The van der Waals surface area contributed by atoms with Crippen LogP contribution >= 0.6 is 11.3 Å². The third-order valence-corrected chi connectivity index (χ3v) is 7.18. The van der Waals surface area contributed by atoms with E-state index in [0.29, 0.717) is 42.4 Å². The number of carbonyl (C=O) groups is 1. The molecule has 2 aromatic rings. The summed E-state index contributed by atoms with van der Waals surface area (Å²) in [5.74, 6) is -0.0408. The van der Waals surface area contributed by atoms with Gasteiger partial charge in [0.05, 0.1) is 5.56 Å². The van der Waals surface area contributed by atoms with E-state index in [2.05, 4.69) is 0 Å². The number of rotatable bonds is 3. The SMILES string of the molecule is Cn1ccc(C(=O)N2CCCN(S(=O)(=O)c3cccs3)CC2)c1. The molecule has 0 spiro atoms. The second kappa shape index (κ2) is 6.46. The number of hydrogen-bond acceptors (Lipinski definition) is 4. The maximum Gasteiger partial charge on any atom is 0.255 e. The normalized spacial score (nSPS) is 17.2. The van der Waals surface area contributed by atoms with Gasteiger partial charge >= 0.3 is 0 Å². The molecule has 0 radical (unpaired) electrons. The van der Waals surface area contributed by atoms with Crippen LogP contribution in [-0.2, 0) is 17.1 Å². The highest BCUT2D eigenvalue weighted by Crippen LogP contribution is 2.22. The topological polar surface area (TPSA) is 62.6 Å². The first-order chi connectivity index (χ1) is 11.0. The summed E-state index contributed by atoms with van der Waals surface area (Å²) >= 11 is 1.22. The molecule has 0 unspecified atom stereocenters. The monoisotopic (exact) mass is 353 g/mol. The molecule has 0 N–H and O–H groups in total. The number of sulfonamides is 1. The van der Waals surface area contributed by atoms with Crippen molar-refractivity contribution < 1.29 is 13.2 Å². The molecule has 1 aliphatic heterocycles. The van der Waals surface area contributed by atoms with Crippen molar-refractivity contribution in [3.8, 4) is 0 Å². The molecule has 124 valence electrons. The molecule has 1 aliphatic rings. The molecule has 1 amide bonds. The lowest BCUT2D eigenvalue weighted by Gasteiger charge is -2.21. The lowest BCUT2D eigenvalue weighted by Crippen LogP contribution is -2.37. The number of aryl methyl sites for hydroxylation is 1. The molecule has 1 saturated heterocycles. The van der Waals surface area contributed by atoms with E-state index < -0.39 is 10.0 Å². The minimum absolute atomic E-state index is 0.0408. The van der Waals surface area contributed by atoms with Gasteiger partial charge in [0.1, 0.15) is 4.21 Å². The van der Waals surface area contributed by atoms with Gasteiger partial charge in [-0.05, 0) is 23.9 Å². The lowest BCUT2D eigenvalue weighted by atomic mass is 10.3. The second-order valence-corrected chi connectivity index (χ2v) is 8.66. The Morgan fingerprint density at radius 3 is 2.65 bits per heavy atom. The van der Waals surface area contributed by atoms with Gasteiger partial charge in [-0.1, -0.05) is 6.07 Å². The van der Waals surface area contributed by atoms with Gasteiger partial charge in [0.25, 0.3) is 15.9 Å². The molecule has 2 aromatic heterocycles. The van der Waals surface area contributed by atoms with Crippen LogP contribution in [0.3, 0.4) is 0 Å². The van der Waals surface area contributed by atoms with E-state index in [0.717, 1.165) is 0 Å². The van der Waals surface area contributed by atoms with Crippen LogP contribution in [0.25, 0.3) is 0 Å². The van der Waals surface area contributed by atoms with Crippen molar-refractivity contribution in [3.05, 3.63) is 41.5 Å². The zero-order valence-corrected chi connectivity index (χ0v) is 14.5. The van der Waals surface area contributed by atoms with Crippen molar-refractivity contribution >= 4 is 27.3 Å². The average molecular weight is 353 g/mol. The van der Waals surface area contributed by atoms with E-state index in [4.69, 9.17) is 0 Å². The summed E-state index contributed by atoms with van der Waals surface area (Å²) in [6.07, 6.45) is 4.26. The van der Waals surface area contributed by atoms with Crippen LogP contribution in [0.5, 0.6) is 0 Å². The summed E-state index contributed by atoms with van der Waals surface area (Å²) < 4.78 is 28.8. The van der Waals surface area contributed by atoms with Gasteiger partial charge in [-0.15, -0.1) is 11.3 Å². The Morgan fingerprint density at radius 2 is 2.00 bits per heavy atom. The van der Waals surface area contributed by atoms with E-state index in [1.807, 2.05) is 17.8 Å². The molecule has 1 fully saturated rings. The Bertz CT molecular complexity index is 781. The fourth-order valence-electron chi connectivity index (χ4n) is 2.69. The Kier molecular flexibility index (Phi) is 4.56. The van der Waals surface area contributed by atoms with Crippen LogP contribution in [0.2, 0.25) is 0 Å². The van der Waals surface area contributed by atoms with Gasteiger partial charge in [-0.25, -0.2) is 8.42 Å². The summed E-state index contributed by atoms with van der Waals surface area (Å²) in [6.45, 7) is 1.76. The zero-order valence-electron chi connectivity index (χ0n) is 12.9. The summed E-state index contributed by atoms with van der Waals surface area (Å²) in [5.41, 5.74) is 0.641. The predicted octanol–water partition coefficient (Wildman–Crippen LogP) is 1.62. The molecule has 0 aromatic carbocycles. The molecule has 8 heteroatoms. The predicted molar refractivity (Wildman–Crippen MR) is 89.0 cm³/mol. The highest BCUT2D eigenvalue weighted by molar-refractivity contribution is 7.91. The molecule has 3 rings (SSSR count). The number of nitrogens with zero attached hydrogens (tertiary/aromatic N) is 3. The van der Waals surface area contributed by atoms with Crippen LogP contribution < -0.4 is 0 Å². The number of hydrogen-bond donors (Lipinski definition) is 0. The highest BCUT2D eigenvalue weighted by Gasteiger charge is 2.29. The van der Waals surface area contributed by atoms with Crippen molar-refractivity contribution in [2.45, 2.75) is 10.6 Å². The van der Waals surface area contributed by atoms with Crippen LogP contribution in [0.1, 0.15) is 16.8 Å². The van der Waals surface area contributed by atoms with Gasteiger partial charge in [-0.3, -0.25) is 4.79 Å². The third-order valence-electron chi connectivity index (χ3n) is 3.91. The molecule has 3 heterocycles. The largest absolute Gasteiger partial charge is 0.356 e.